The van der Waals surface area contributed by atoms with E-state index < -0.39 is 28.6 Å². The Morgan fingerprint density at radius 3 is 2.19 bits per heavy atom. The number of benzene rings is 1. The van der Waals surface area contributed by atoms with Gasteiger partial charge in [-0.25, -0.2) is 4.39 Å². The second-order valence-corrected chi connectivity index (χ2v) is 7.04. The van der Waals surface area contributed by atoms with Gasteiger partial charge in [-0.05, 0) is 30.9 Å². The van der Waals surface area contributed by atoms with Crippen molar-refractivity contribution < 1.29 is 17.6 Å². The molecule has 0 amide bonds. The van der Waals surface area contributed by atoms with Crippen LogP contribution in [0.1, 0.15) is 43.9 Å². The third kappa shape index (κ3) is 6.71. The van der Waals surface area contributed by atoms with Gasteiger partial charge in [0.05, 0.1) is 10.6 Å². The molecule has 0 spiro atoms. The zero-order valence-electron chi connectivity index (χ0n) is 14.7. The summed E-state index contributed by atoms with van der Waals surface area (Å²) in [5, 5.41) is 2.74. The van der Waals surface area contributed by atoms with Crippen LogP contribution in [0.15, 0.2) is 12.1 Å². The Morgan fingerprint density at radius 1 is 1.12 bits per heavy atom. The molecule has 2 rings (SSSR count). The quantitative estimate of drug-likeness (QED) is 0.590. The third-order valence-corrected chi connectivity index (χ3v) is 4.63. The molecule has 1 N–H and O–H groups in total. The lowest BCUT2D eigenvalue weighted by Crippen LogP contribution is -2.45. The van der Waals surface area contributed by atoms with Crippen LogP contribution in [-0.2, 0) is 6.18 Å². The number of rotatable bonds is 5. The predicted molar refractivity (Wildman–Crippen MR) is 102 cm³/mol. The normalized spacial score (nSPS) is 16.8. The minimum atomic E-state index is -4.54. The highest BCUT2D eigenvalue weighted by atomic mass is 35.5. The van der Waals surface area contributed by atoms with E-state index in [1.807, 2.05) is 18.7 Å². The van der Waals surface area contributed by atoms with Gasteiger partial charge in [-0.1, -0.05) is 25.4 Å². The lowest BCUT2D eigenvalue weighted by Gasteiger charge is -2.36. The standard InChI is InChI=1S/C17H23ClF4N2.2ClH/c1-11(2)3-4-15(24-7-5-23-6-8-24)13-9-12(17(20,21)22)10-14(18)16(13)19;;/h9-11,15,23H,3-8H2,1-2H3;2*1H/t15-;;/m0../s1. The van der Waals surface area contributed by atoms with Crippen molar-refractivity contribution in [3.8, 4) is 0 Å². The first-order valence-electron chi connectivity index (χ1n) is 8.21. The molecule has 9 heteroatoms. The van der Waals surface area contributed by atoms with Crippen LogP contribution >= 0.6 is 36.4 Å². The first-order valence-corrected chi connectivity index (χ1v) is 8.59. The SMILES string of the molecule is CC(C)CC[C@@H](c1cc(C(F)(F)F)cc(Cl)c1F)N1CCNCC1.Cl.Cl. The molecule has 26 heavy (non-hydrogen) atoms. The summed E-state index contributed by atoms with van der Waals surface area (Å²) in [4.78, 5) is 2.05. The molecule has 1 fully saturated rings. The largest absolute Gasteiger partial charge is 0.416 e. The molecule has 1 saturated heterocycles. The molecule has 2 nitrogen and oxygen atoms in total. The fraction of sp³-hybridized carbons (Fsp3) is 0.647. The summed E-state index contributed by atoms with van der Waals surface area (Å²) in [6, 6.07) is 1.20. The molecule has 0 radical (unpaired) electrons. The van der Waals surface area contributed by atoms with Gasteiger partial charge in [0.1, 0.15) is 5.82 Å². The van der Waals surface area contributed by atoms with Gasteiger partial charge in [-0.2, -0.15) is 13.2 Å². The molecule has 152 valence electrons. The molecule has 0 aromatic heterocycles. The molecular weight excluding hydrogens is 415 g/mol. The minimum absolute atomic E-state index is 0. The van der Waals surface area contributed by atoms with Crippen molar-refractivity contribution >= 4 is 36.4 Å². The van der Waals surface area contributed by atoms with Gasteiger partial charge in [0.2, 0.25) is 0 Å². The fourth-order valence-electron chi connectivity index (χ4n) is 3.04. The van der Waals surface area contributed by atoms with Crippen LogP contribution in [0.4, 0.5) is 17.6 Å². The summed E-state index contributed by atoms with van der Waals surface area (Å²) >= 11 is 5.76. The zero-order chi connectivity index (χ0) is 17.9. The number of hydrogen-bond acceptors (Lipinski definition) is 2. The van der Waals surface area contributed by atoms with Crippen molar-refractivity contribution in [2.24, 2.45) is 5.92 Å². The van der Waals surface area contributed by atoms with Crippen LogP contribution in [0, 0.1) is 11.7 Å². The van der Waals surface area contributed by atoms with Crippen LogP contribution in [0.2, 0.25) is 5.02 Å². The van der Waals surface area contributed by atoms with E-state index in [1.165, 1.54) is 0 Å². The molecule has 0 saturated carbocycles. The van der Waals surface area contributed by atoms with E-state index in [4.69, 9.17) is 11.6 Å². The number of nitrogens with zero attached hydrogens (tertiary/aromatic N) is 1. The van der Waals surface area contributed by atoms with Gasteiger partial charge in [0.15, 0.2) is 0 Å². The van der Waals surface area contributed by atoms with Gasteiger partial charge >= 0.3 is 6.18 Å². The van der Waals surface area contributed by atoms with E-state index in [1.54, 1.807) is 0 Å². The molecule has 1 aromatic carbocycles. The van der Waals surface area contributed by atoms with E-state index in [-0.39, 0.29) is 30.4 Å². The summed E-state index contributed by atoms with van der Waals surface area (Å²) in [6.45, 7) is 6.93. The molecule has 1 heterocycles. The summed E-state index contributed by atoms with van der Waals surface area (Å²) in [5.74, 6) is -0.350. The second kappa shape index (κ2) is 10.9. The summed E-state index contributed by atoms with van der Waals surface area (Å²) in [6.07, 6.45) is -3.13. The summed E-state index contributed by atoms with van der Waals surface area (Å²) in [5.41, 5.74) is -0.842. The first-order chi connectivity index (χ1) is 11.2. The molecule has 1 aliphatic heterocycles. The Balaban J connectivity index is 0.00000312. The predicted octanol–water partition coefficient (Wildman–Crippen LogP) is 5.72. The van der Waals surface area contributed by atoms with Crippen molar-refractivity contribution in [1.82, 2.24) is 10.2 Å². The van der Waals surface area contributed by atoms with Crippen molar-refractivity contribution in [3.63, 3.8) is 0 Å². The fourth-order valence-corrected chi connectivity index (χ4v) is 3.26. The van der Waals surface area contributed by atoms with Crippen molar-refractivity contribution in [2.75, 3.05) is 26.2 Å². The lowest BCUT2D eigenvalue weighted by atomic mass is 9.94. The van der Waals surface area contributed by atoms with E-state index in [0.29, 0.717) is 31.5 Å². The zero-order valence-corrected chi connectivity index (χ0v) is 17.1. The Morgan fingerprint density at radius 2 is 1.69 bits per heavy atom. The van der Waals surface area contributed by atoms with Gasteiger partial charge in [-0.15, -0.1) is 24.8 Å². The van der Waals surface area contributed by atoms with Gasteiger partial charge < -0.3 is 5.32 Å². The monoisotopic (exact) mass is 438 g/mol. The van der Waals surface area contributed by atoms with Gasteiger partial charge in [0.25, 0.3) is 0 Å². The van der Waals surface area contributed by atoms with Crippen LogP contribution in [0.25, 0.3) is 0 Å². The van der Waals surface area contributed by atoms with Crippen LogP contribution in [0.5, 0.6) is 0 Å². The molecular formula is C17H25Cl3F4N2. The van der Waals surface area contributed by atoms with Gasteiger partial charge in [-0.3, -0.25) is 4.90 Å². The van der Waals surface area contributed by atoms with E-state index in [9.17, 15) is 17.6 Å². The van der Waals surface area contributed by atoms with Crippen LogP contribution in [-0.4, -0.2) is 31.1 Å². The highest BCUT2D eigenvalue weighted by molar-refractivity contribution is 6.30. The highest BCUT2D eigenvalue weighted by Crippen LogP contribution is 2.38. The lowest BCUT2D eigenvalue weighted by molar-refractivity contribution is -0.137. The number of alkyl halides is 3. The molecule has 0 aliphatic carbocycles. The molecule has 1 atom stereocenters. The average Bonchev–Trinajstić information content (AvgIpc) is 2.51. The molecule has 0 unspecified atom stereocenters. The summed E-state index contributed by atoms with van der Waals surface area (Å²) in [7, 11) is 0. The smallest absolute Gasteiger partial charge is 0.314 e. The third-order valence-electron chi connectivity index (χ3n) is 4.35. The first kappa shape index (κ1) is 25.7. The van der Waals surface area contributed by atoms with E-state index in [2.05, 4.69) is 5.32 Å². The highest BCUT2D eigenvalue weighted by Gasteiger charge is 2.34. The Hall–Kier alpha value is -0.270. The van der Waals surface area contributed by atoms with Crippen molar-refractivity contribution in [1.29, 1.82) is 0 Å². The Kier molecular flexibility index (Phi) is 10.8. The Bertz CT molecular complexity index is 562. The van der Waals surface area contributed by atoms with Crippen LogP contribution < -0.4 is 5.32 Å². The molecule has 0 bridgehead atoms. The number of hydrogen-bond donors (Lipinski definition) is 1. The van der Waals surface area contributed by atoms with Crippen molar-refractivity contribution in [3.05, 3.63) is 34.1 Å². The van der Waals surface area contributed by atoms with E-state index in [0.717, 1.165) is 25.6 Å². The second-order valence-electron chi connectivity index (χ2n) is 6.63. The molecule has 1 aliphatic rings. The maximum absolute atomic E-state index is 14.6. The maximum atomic E-state index is 14.6. The number of piperazine rings is 1. The maximum Gasteiger partial charge on any atom is 0.416 e. The number of nitrogens with one attached hydrogen (secondary N) is 1. The topological polar surface area (TPSA) is 15.3 Å². The molecule has 1 aromatic rings. The van der Waals surface area contributed by atoms with Crippen LogP contribution in [0.3, 0.4) is 0 Å². The summed E-state index contributed by atoms with van der Waals surface area (Å²) < 4.78 is 53.8. The average molecular weight is 440 g/mol. The number of halogens is 7. The Labute approximate surface area is 169 Å². The van der Waals surface area contributed by atoms with E-state index >= 15 is 0 Å². The van der Waals surface area contributed by atoms with Gasteiger partial charge in [0, 0.05) is 37.8 Å². The van der Waals surface area contributed by atoms with Crippen molar-refractivity contribution in [2.45, 2.75) is 38.9 Å². The minimum Gasteiger partial charge on any atom is -0.314 e.